The van der Waals surface area contributed by atoms with Crippen molar-refractivity contribution in [3.05, 3.63) is 82.4 Å². The van der Waals surface area contributed by atoms with Gasteiger partial charge in [-0.15, -0.1) is 0 Å². The van der Waals surface area contributed by atoms with Gasteiger partial charge in [0.1, 0.15) is 12.2 Å². The highest BCUT2D eigenvalue weighted by molar-refractivity contribution is 6.30. The van der Waals surface area contributed by atoms with E-state index in [0.717, 1.165) is 16.9 Å². The summed E-state index contributed by atoms with van der Waals surface area (Å²) in [5, 5.41) is 0.521. The predicted octanol–water partition coefficient (Wildman–Crippen LogP) is 5.00. The van der Waals surface area contributed by atoms with Gasteiger partial charge in [-0.2, -0.15) is 0 Å². The summed E-state index contributed by atoms with van der Waals surface area (Å²) in [5.41, 5.74) is 2.87. The van der Waals surface area contributed by atoms with Crippen LogP contribution in [0.4, 0.5) is 4.39 Å². The van der Waals surface area contributed by atoms with Crippen molar-refractivity contribution in [1.29, 1.82) is 0 Å². The van der Waals surface area contributed by atoms with E-state index < -0.39 is 24.0 Å². The van der Waals surface area contributed by atoms with Gasteiger partial charge in [0, 0.05) is 22.3 Å². The molecular formula is C22H19ClFNO4. The van der Waals surface area contributed by atoms with E-state index in [1.807, 2.05) is 29.0 Å². The van der Waals surface area contributed by atoms with Crippen LogP contribution in [0.1, 0.15) is 35.4 Å². The molecule has 1 aliphatic rings. The Morgan fingerprint density at radius 2 is 2.00 bits per heavy atom. The number of aromatic nitrogens is 1. The van der Waals surface area contributed by atoms with Crippen molar-refractivity contribution in [1.82, 2.24) is 4.57 Å². The lowest BCUT2D eigenvalue weighted by molar-refractivity contribution is -0.145. The number of benzene rings is 2. The van der Waals surface area contributed by atoms with Gasteiger partial charge >= 0.3 is 5.97 Å². The highest BCUT2D eigenvalue weighted by Gasteiger charge is 2.33. The molecular weight excluding hydrogens is 397 g/mol. The van der Waals surface area contributed by atoms with Gasteiger partial charge < -0.3 is 18.8 Å². The number of fused-ring (bicyclic) bond motifs is 3. The molecule has 1 aliphatic heterocycles. The normalized spacial score (nSPS) is 17.8. The van der Waals surface area contributed by atoms with E-state index in [9.17, 15) is 9.18 Å². The summed E-state index contributed by atoms with van der Waals surface area (Å²) in [6.07, 6.45) is 0.586. The monoisotopic (exact) mass is 415 g/mol. The Labute approximate surface area is 172 Å². The molecule has 3 aromatic rings. The van der Waals surface area contributed by atoms with Crippen LogP contribution in [-0.4, -0.2) is 24.8 Å². The molecule has 0 aliphatic carbocycles. The predicted molar refractivity (Wildman–Crippen MR) is 106 cm³/mol. The number of rotatable bonds is 4. The van der Waals surface area contributed by atoms with Gasteiger partial charge in [-0.25, -0.2) is 4.39 Å². The Morgan fingerprint density at radius 1 is 1.17 bits per heavy atom. The Balaban J connectivity index is 1.94. The first-order valence-corrected chi connectivity index (χ1v) is 9.43. The summed E-state index contributed by atoms with van der Waals surface area (Å²) in [6, 6.07) is 13.9. The van der Waals surface area contributed by atoms with Crippen molar-refractivity contribution in [2.75, 3.05) is 14.2 Å². The molecule has 0 spiro atoms. The molecule has 2 heterocycles. The molecule has 7 heteroatoms. The van der Waals surface area contributed by atoms with E-state index in [0.29, 0.717) is 10.6 Å². The van der Waals surface area contributed by atoms with Gasteiger partial charge in [-0.1, -0.05) is 23.7 Å². The highest BCUT2D eigenvalue weighted by atomic mass is 35.5. The number of esters is 1. The molecule has 2 unspecified atom stereocenters. The number of carbonyl (C=O) groups is 1. The molecule has 0 fully saturated rings. The van der Waals surface area contributed by atoms with Gasteiger partial charge in [-0.3, -0.25) is 4.79 Å². The first kappa shape index (κ1) is 19.5. The number of nitrogens with zero attached hydrogens (tertiary/aromatic N) is 1. The van der Waals surface area contributed by atoms with Gasteiger partial charge in [0.2, 0.25) is 0 Å². The van der Waals surface area contributed by atoms with Crippen LogP contribution in [0.3, 0.4) is 0 Å². The molecule has 2 aromatic carbocycles. The summed E-state index contributed by atoms with van der Waals surface area (Å²) in [6.45, 7) is 0. The summed E-state index contributed by atoms with van der Waals surface area (Å²) in [5.74, 6) is -0.811. The van der Waals surface area contributed by atoms with Crippen molar-refractivity contribution >= 4 is 17.6 Å². The summed E-state index contributed by atoms with van der Waals surface area (Å²) >= 11 is 6.29. The van der Waals surface area contributed by atoms with Crippen LogP contribution in [-0.2, 0) is 14.3 Å². The zero-order valence-corrected chi connectivity index (χ0v) is 16.7. The Hall–Kier alpha value is -2.83. The Kier molecular flexibility index (Phi) is 5.30. The quantitative estimate of drug-likeness (QED) is 0.562. The molecule has 0 radical (unpaired) electrons. The van der Waals surface area contributed by atoms with E-state index in [-0.39, 0.29) is 12.2 Å². The highest BCUT2D eigenvalue weighted by Crippen LogP contribution is 2.44. The second-order valence-corrected chi connectivity index (χ2v) is 7.09. The zero-order chi connectivity index (χ0) is 20.5. The van der Waals surface area contributed by atoms with E-state index in [4.69, 9.17) is 25.8 Å². The second-order valence-electron chi connectivity index (χ2n) is 6.65. The van der Waals surface area contributed by atoms with E-state index in [1.54, 1.807) is 24.3 Å². The molecule has 0 saturated heterocycles. The van der Waals surface area contributed by atoms with Crippen molar-refractivity contribution in [2.45, 2.75) is 18.6 Å². The van der Waals surface area contributed by atoms with E-state index in [2.05, 4.69) is 0 Å². The van der Waals surface area contributed by atoms with Gasteiger partial charge in [0.05, 0.1) is 32.0 Å². The average molecular weight is 416 g/mol. The number of carbonyl (C=O) groups excluding carboxylic acids is 1. The molecule has 0 N–H and O–H groups in total. The molecule has 5 nitrogen and oxygen atoms in total. The van der Waals surface area contributed by atoms with Crippen LogP contribution in [0.5, 0.6) is 5.75 Å². The van der Waals surface area contributed by atoms with Gasteiger partial charge in [0.25, 0.3) is 0 Å². The fraction of sp³-hybridized carbons (Fsp3) is 0.227. The molecule has 0 amide bonds. The van der Waals surface area contributed by atoms with Crippen LogP contribution in [0.25, 0.3) is 5.69 Å². The maximum absolute atomic E-state index is 14.4. The third kappa shape index (κ3) is 3.50. The zero-order valence-electron chi connectivity index (χ0n) is 15.9. The van der Waals surface area contributed by atoms with E-state index in [1.165, 1.54) is 20.3 Å². The molecule has 4 rings (SSSR count). The van der Waals surface area contributed by atoms with Gasteiger partial charge in [-0.05, 0) is 36.4 Å². The summed E-state index contributed by atoms with van der Waals surface area (Å²) in [7, 11) is 2.74. The van der Waals surface area contributed by atoms with Crippen LogP contribution in [0.15, 0.2) is 54.7 Å². The average Bonchev–Trinajstić information content (AvgIpc) is 3.16. The number of para-hydroxylation sites is 1. The molecule has 0 bridgehead atoms. The molecule has 2 atom stereocenters. The number of hydrogen-bond donors (Lipinski definition) is 0. The Morgan fingerprint density at radius 3 is 2.76 bits per heavy atom. The van der Waals surface area contributed by atoms with Crippen molar-refractivity contribution in [3.63, 3.8) is 0 Å². The lowest BCUT2D eigenvalue weighted by Gasteiger charge is -2.24. The van der Waals surface area contributed by atoms with Crippen LogP contribution < -0.4 is 4.74 Å². The van der Waals surface area contributed by atoms with Crippen LogP contribution in [0.2, 0.25) is 5.02 Å². The summed E-state index contributed by atoms with van der Waals surface area (Å²) < 4.78 is 33.0. The topological polar surface area (TPSA) is 49.7 Å². The lowest BCUT2D eigenvalue weighted by Crippen LogP contribution is -2.16. The maximum atomic E-state index is 14.4. The van der Waals surface area contributed by atoms with Crippen LogP contribution in [0, 0.1) is 5.82 Å². The molecule has 150 valence electrons. The van der Waals surface area contributed by atoms with E-state index >= 15 is 0 Å². The van der Waals surface area contributed by atoms with Crippen molar-refractivity contribution in [2.24, 2.45) is 0 Å². The second kappa shape index (κ2) is 7.89. The SMILES string of the molecule is COC(=O)CC1OC(c2cccc(F)c2OC)c2cc(Cl)ccc2-n2cccc21. The number of halogens is 2. The smallest absolute Gasteiger partial charge is 0.308 e. The maximum Gasteiger partial charge on any atom is 0.308 e. The van der Waals surface area contributed by atoms with Crippen molar-refractivity contribution in [3.8, 4) is 11.4 Å². The first-order chi connectivity index (χ1) is 14.0. The Bertz CT molecular complexity index is 1060. The van der Waals surface area contributed by atoms with Gasteiger partial charge in [0.15, 0.2) is 11.6 Å². The van der Waals surface area contributed by atoms with Crippen molar-refractivity contribution < 1.29 is 23.4 Å². The first-order valence-electron chi connectivity index (χ1n) is 9.05. The minimum atomic E-state index is -0.705. The number of hydrogen-bond acceptors (Lipinski definition) is 4. The van der Waals surface area contributed by atoms with Crippen LogP contribution >= 0.6 is 11.6 Å². The number of ether oxygens (including phenoxy) is 3. The minimum absolute atomic E-state index is 0.0103. The minimum Gasteiger partial charge on any atom is -0.493 e. The third-order valence-corrected chi connectivity index (χ3v) is 5.24. The largest absolute Gasteiger partial charge is 0.493 e. The lowest BCUT2D eigenvalue weighted by atomic mass is 9.98. The number of methoxy groups -OCH3 is 2. The molecule has 0 saturated carbocycles. The standard InChI is InChI=1S/C22H19ClFNO4/c1-27-20(26)12-19-18-7-4-10-25(18)17-9-8-13(23)11-15(17)21(29-19)14-5-3-6-16(24)22(14)28-2/h3-11,19,21H,12H2,1-2H3. The third-order valence-electron chi connectivity index (χ3n) is 5.01. The summed E-state index contributed by atoms with van der Waals surface area (Å²) in [4.78, 5) is 12.1. The molecule has 29 heavy (non-hydrogen) atoms. The fourth-order valence-corrected chi connectivity index (χ4v) is 3.89. The fourth-order valence-electron chi connectivity index (χ4n) is 3.71. The molecule has 1 aromatic heterocycles.